The third-order valence-electron chi connectivity index (χ3n) is 5.65. The molecule has 124 valence electrons. The van der Waals surface area contributed by atoms with Crippen molar-refractivity contribution >= 4 is 5.91 Å². The van der Waals surface area contributed by atoms with E-state index in [2.05, 4.69) is 28.3 Å². The number of aromatic nitrogens is 2. The molecule has 2 unspecified atom stereocenters. The minimum atomic E-state index is -0.0125. The summed E-state index contributed by atoms with van der Waals surface area (Å²) in [7, 11) is 0. The fourth-order valence-corrected chi connectivity index (χ4v) is 4.19. The molecule has 2 atom stereocenters. The van der Waals surface area contributed by atoms with E-state index in [9.17, 15) is 4.79 Å². The summed E-state index contributed by atoms with van der Waals surface area (Å²) in [6.45, 7) is 0.801. The van der Waals surface area contributed by atoms with Gasteiger partial charge in [0, 0.05) is 12.5 Å². The van der Waals surface area contributed by atoms with Crippen LogP contribution in [-0.2, 0) is 11.2 Å². The zero-order chi connectivity index (χ0) is 16.1. The Morgan fingerprint density at radius 3 is 2.92 bits per heavy atom. The third-order valence-corrected chi connectivity index (χ3v) is 5.65. The molecule has 1 aromatic carbocycles. The Bertz CT molecular complexity index is 780. The molecule has 2 aliphatic carbocycles. The van der Waals surface area contributed by atoms with Gasteiger partial charge in [0.25, 0.3) is 0 Å². The number of nitrogens with zero attached hydrogens (tertiary/aromatic N) is 3. The highest BCUT2D eigenvalue weighted by atomic mass is 16.5. The largest absolute Gasteiger partial charge is 0.339 e. The zero-order valence-electron chi connectivity index (χ0n) is 13.6. The molecule has 2 fully saturated rings. The van der Waals surface area contributed by atoms with Crippen LogP contribution in [0.2, 0.25) is 0 Å². The van der Waals surface area contributed by atoms with Gasteiger partial charge in [0.2, 0.25) is 11.8 Å². The van der Waals surface area contributed by atoms with E-state index in [0.29, 0.717) is 11.7 Å². The third kappa shape index (κ3) is 2.26. The van der Waals surface area contributed by atoms with E-state index in [4.69, 9.17) is 4.52 Å². The maximum Gasteiger partial charge on any atom is 0.230 e. The smallest absolute Gasteiger partial charge is 0.230 e. The van der Waals surface area contributed by atoms with Crippen molar-refractivity contribution in [2.45, 2.75) is 56.4 Å². The summed E-state index contributed by atoms with van der Waals surface area (Å²) in [5.41, 5.74) is 2.53. The van der Waals surface area contributed by atoms with Gasteiger partial charge in [0.05, 0.1) is 12.0 Å². The Balaban J connectivity index is 1.40. The fourth-order valence-electron chi connectivity index (χ4n) is 4.19. The topological polar surface area (TPSA) is 59.2 Å². The predicted octanol–water partition coefficient (Wildman–Crippen LogP) is 3.34. The Morgan fingerprint density at radius 1 is 1.17 bits per heavy atom. The Labute approximate surface area is 141 Å². The predicted molar refractivity (Wildman–Crippen MR) is 87.5 cm³/mol. The summed E-state index contributed by atoms with van der Waals surface area (Å²) in [6.07, 6.45) is 6.16. The van der Waals surface area contributed by atoms with Crippen molar-refractivity contribution < 1.29 is 9.32 Å². The van der Waals surface area contributed by atoms with Crippen molar-refractivity contribution in [3.63, 3.8) is 0 Å². The van der Waals surface area contributed by atoms with Crippen LogP contribution in [0.25, 0.3) is 0 Å². The van der Waals surface area contributed by atoms with Crippen LogP contribution < -0.4 is 0 Å². The number of aryl methyl sites for hydroxylation is 1. The first-order valence-corrected chi connectivity index (χ1v) is 9.03. The second-order valence-electron chi connectivity index (χ2n) is 7.24. The van der Waals surface area contributed by atoms with E-state index < -0.39 is 0 Å². The SMILES string of the molecule is O=C(C1CCc2ccccc21)N1CCCC1c1noc(C2CC2)n1. The molecule has 0 bridgehead atoms. The number of carbonyl (C=O) groups is 1. The summed E-state index contributed by atoms with van der Waals surface area (Å²) in [6, 6.07) is 8.33. The summed E-state index contributed by atoms with van der Waals surface area (Å²) in [5.74, 6) is 2.15. The highest BCUT2D eigenvalue weighted by Gasteiger charge is 2.40. The molecule has 3 aliphatic rings. The first-order valence-electron chi connectivity index (χ1n) is 9.03. The van der Waals surface area contributed by atoms with Gasteiger partial charge in [0.15, 0.2) is 5.82 Å². The van der Waals surface area contributed by atoms with E-state index in [1.54, 1.807) is 0 Å². The molecule has 5 rings (SSSR count). The van der Waals surface area contributed by atoms with Gasteiger partial charge in [-0.1, -0.05) is 29.4 Å². The number of benzene rings is 1. The zero-order valence-corrected chi connectivity index (χ0v) is 13.6. The maximum atomic E-state index is 13.2. The van der Waals surface area contributed by atoms with Crippen molar-refractivity contribution in [2.75, 3.05) is 6.54 Å². The number of likely N-dealkylation sites (tertiary alicyclic amines) is 1. The Hall–Kier alpha value is -2.17. The molecule has 2 heterocycles. The first-order chi connectivity index (χ1) is 11.8. The molecule has 1 amide bonds. The Kier molecular flexibility index (Phi) is 3.21. The van der Waals surface area contributed by atoms with Crippen LogP contribution in [0.15, 0.2) is 28.8 Å². The maximum absolute atomic E-state index is 13.2. The minimum Gasteiger partial charge on any atom is -0.339 e. The normalized spacial score (nSPS) is 25.9. The molecule has 24 heavy (non-hydrogen) atoms. The van der Waals surface area contributed by atoms with Gasteiger partial charge in [-0.2, -0.15) is 4.98 Å². The highest BCUT2D eigenvalue weighted by molar-refractivity contribution is 5.85. The van der Waals surface area contributed by atoms with Gasteiger partial charge >= 0.3 is 0 Å². The van der Waals surface area contributed by atoms with E-state index in [1.807, 2.05) is 11.0 Å². The van der Waals surface area contributed by atoms with Gasteiger partial charge in [-0.15, -0.1) is 0 Å². The molecule has 5 nitrogen and oxygen atoms in total. The van der Waals surface area contributed by atoms with Gasteiger partial charge in [0.1, 0.15) is 0 Å². The van der Waals surface area contributed by atoms with E-state index in [-0.39, 0.29) is 17.9 Å². The molecule has 0 radical (unpaired) electrons. The minimum absolute atomic E-state index is 0.00314. The van der Waals surface area contributed by atoms with E-state index in [0.717, 1.165) is 51.0 Å². The molecule has 2 aromatic rings. The van der Waals surface area contributed by atoms with Gasteiger partial charge in [-0.3, -0.25) is 4.79 Å². The fraction of sp³-hybridized carbons (Fsp3) is 0.526. The van der Waals surface area contributed by atoms with Crippen LogP contribution in [0.5, 0.6) is 0 Å². The van der Waals surface area contributed by atoms with Crippen LogP contribution in [-0.4, -0.2) is 27.5 Å². The van der Waals surface area contributed by atoms with Crippen molar-refractivity contribution in [3.8, 4) is 0 Å². The monoisotopic (exact) mass is 323 g/mol. The van der Waals surface area contributed by atoms with Crippen LogP contribution in [0, 0.1) is 0 Å². The number of rotatable bonds is 3. The molecule has 1 aliphatic heterocycles. The lowest BCUT2D eigenvalue weighted by molar-refractivity contribution is -0.133. The van der Waals surface area contributed by atoms with Gasteiger partial charge in [-0.05, 0) is 49.7 Å². The molecular weight excluding hydrogens is 302 g/mol. The standard InChI is InChI=1S/C19H21N3O2/c23-19(15-10-9-12-4-1-2-5-14(12)15)22-11-3-6-16(22)17-20-18(24-21-17)13-7-8-13/h1-2,4-5,13,15-16H,3,6-11H2. The number of fused-ring (bicyclic) bond motifs is 1. The Morgan fingerprint density at radius 2 is 2.04 bits per heavy atom. The van der Waals surface area contributed by atoms with Crippen molar-refractivity contribution in [3.05, 3.63) is 47.1 Å². The van der Waals surface area contributed by atoms with E-state index >= 15 is 0 Å². The van der Waals surface area contributed by atoms with E-state index in [1.165, 1.54) is 11.1 Å². The summed E-state index contributed by atoms with van der Waals surface area (Å²) < 4.78 is 5.41. The first kappa shape index (κ1) is 14.2. The van der Waals surface area contributed by atoms with Crippen molar-refractivity contribution in [2.24, 2.45) is 0 Å². The lowest BCUT2D eigenvalue weighted by Crippen LogP contribution is -2.34. The summed E-state index contributed by atoms with van der Waals surface area (Å²) in [4.78, 5) is 19.8. The summed E-state index contributed by atoms with van der Waals surface area (Å²) >= 11 is 0. The number of amides is 1. The molecular formula is C19H21N3O2. The molecule has 1 aromatic heterocycles. The molecule has 1 saturated carbocycles. The van der Waals surface area contributed by atoms with Gasteiger partial charge in [-0.25, -0.2) is 0 Å². The average Bonchev–Trinajstić information content (AvgIpc) is 3.06. The molecule has 0 N–H and O–H groups in total. The van der Waals surface area contributed by atoms with Crippen molar-refractivity contribution in [1.82, 2.24) is 15.0 Å². The van der Waals surface area contributed by atoms with Gasteiger partial charge < -0.3 is 9.42 Å². The number of hydrogen-bond donors (Lipinski definition) is 0. The lowest BCUT2D eigenvalue weighted by Gasteiger charge is -2.25. The number of carbonyl (C=O) groups excluding carboxylic acids is 1. The average molecular weight is 323 g/mol. The van der Waals surface area contributed by atoms with Crippen LogP contribution in [0.3, 0.4) is 0 Å². The van der Waals surface area contributed by atoms with Crippen LogP contribution in [0.4, 0.5) is 0 Å². The van der Waals surface area contributed by atoms with Crippen LogP contribution >= 0.6 is 0 Å². The second kappa shape index (κ2) is 5.43. The highest BCUT2D eigenvalue weighted by Crippen LogP contribution is 2.41. The second-order valence-corrected chi connectivity index (χ2v) is 7.24. The lowest BCUT2D eigenvalue weighted by atomic mass is 9.99. The van der Waals surface area contributed by atoms with Crippen LogP contribution in [0.1, 0.15) is 72.8 Å². The molecule has 0 spiro atoms. The number of hydrogen-bond acceptors (Lipinski definition) is 4. The quantitative estimate of drug-likeness (QED) is 0.869. The van der Waals surface area contributed by atoms with Crippen molar-refractivity contribution in [1.29, 1.82) is 0 Å². The molecule has 1 saturated heterocycles. The molecule has 5 heteroatoms. The summed E-state index contributed by atoms with van der Waals surface area (Å²) in [5, 5.41) is 4.18.